The summed E-state index contributed by atoms with van der Waals surface area (Å²) >= 11 is 5.63. The predicted octanol–water partition coefficient (Wildman–Crippen LogP) is 2.89. The van der Waals surface area contributed by atoms with Crippen LogP contribution in [-0.4, -0.2) is 16.1 Å². The first kappa shape index (κ1) is 12.3. The number of amides is 1. The molecule has 0 bridgehead atoms. The lowest BCUT2D eigenvalue weighted by atomic mass is 9.81. The highest BCUT2D eigenvalue weighted by Crippen LogP contribution is 2.42. The number of carbonyl (C=O) groups is 1. The van der Waals surface area contributed by atoms with Crippen LogP contribution >= 0.6 is 11.6 Å². The molecular weight excluding hydrogens is 238 g/mol. The quantitative estimate of drug-likeness (QED) is 0.882. The molecule has 1 aliphatic rings. The molecule has 0 spiro atoms. The van der Waals surface area contributed by atoms with Gasteiger partial charge in [-0.2, -0.15) is 0 Å². The molecule has 1 fully saturated rings. The topological polar surface area (TPSA) is 54.9 Å². The summed E-state index contributed by atoms with van der Waals surface area (Å²) in [6, 6.07) is 3.28. The standard InChI is InChI=1S/C12H16ClN3O/c1-12(2)7-3-4-8(12)11(17)14-10-6-5-9(13)15-16-10/h5-6,8H,3-4,7H2,1-2H3,(H,14,16,17). The lowest BCUT2D eigenvalue weighted by Gasteiger charge is -2.25. The first-order valence-electron chi connectivity index (χ1n) is 5.79. The van der Waals surface area contributed by atoms with Crippen molar-refractivity contribution in [1.29, 1.82) is 0 Å². The molecule has 1 amide bonds. The van der Waals surface area contributed by atoms with E-state index in [9.17, 15) is 4.79 Å². The summed E-state index contributed by atoms with van der Waals surface area (Å²) in [6.45, 7) is 4.27. The summed E-state index contributed by atoms with van der Waals surface area (Å²) < 4.78 is 0. The number of rotatable bonds is 2. The van der Waals surface area contributed by atoms with Gasteiger partial charge in [-0.3, -0.25) is 4.79 Å². The zero-order valence-corrected chi connectivity index (χ0v) is 10.8. The predicted molar refractivity (Wildman–Crippen MR) is 66.8 cm³/mol. The van der Waals surface area contributed by atoms with Crippen molar-refractivity contribution in [2.75, 3.05) is 5.32 Å². The molecule has 1 aromatic rings. The number of nitrogens with one attached hydrogen (secondary N) is 1. The van der Waals surface area contributed by atoms with Crippen LogP contribution in [0.25, 0.3) is 0 Å². The molecule has 17 heavy (non-hydrogen) atoms. The van der Waals surface area contributed by atoms with Crippen LogP contribution in [0.5, 0.6) is 0 Å². The first-order chi connectivity index (χ1) is 7.99. The van der Waals surface area contributed by atoms with Crippen molar-refractivity contribution in [1.82, 2.24) is 10.2 Å². The smallest absolute Gasteiger partial charge is 0.229 e. The highest BCUT2D eigenvalue weighted by atomic mass is 35.5. The van der Waals surface area contributed by atoms with Gasteiger partial charge in [0.1, 0.15) is 0 Å². The summed E-state index contributed by atoms with van der Waals surface area (Å²) in [5.41, 5.74) is 0.0734. The van der Waals surface area contributed by atoms with Crippen molar-refractivity contribution >= 4 is 23.3 Å². The van der Waals surface area contributed by atoms with E-state index in [0.717, 1.165) is 19.3 Å². The van der Waals surface area contributed by atoms with Crippen LogP contribution in [0.15, 0.2) is 12.1 Å². The third kappa shape index (κ3) is 2.75. The maximum atomic E-state index is 12.1. The van der Waals surface area contributed by atoms with E-state index in [1.165, 1.54) is 0 Å². The molecule has 0 aliphatic heterocycles. The van der Waals surface area contributed by atoms with Crippen molar-refractivity contribution < 1.29 is 4.79 Å². The maximum absolute atomic E-state index is 12.1. The lowest BCUT2D eigenvalue weighted by Crippen LogP contribution is -2.31. The third-order valence-corrected chi connectivity index (χ3v) is 3.66. The SMILES string of the molecule is CC1(C)CCCC1C(=O)Nc1ccc(Cl)nn1. The zero-order valence-electron chi connectivity index (χ0n) is 10.0. The number of nitrogens with zero attached hydrogens (tertiary/aromatic N) is 2. The second-order valence-electron chi connectivity index (χ2n) is 5.16. The van der Waals surface area contributed by atoms with Crippen LogP contribution in [0.3, 0.4) is 0 Å². The van der Waals surface area contributed by atoms with E-state index in [4.69, 9.17) is 11.6 Å². The fourth-order valence-electron chi connectivity index (χ4n) is 2.41. The number of aromatic nitrogens is 2. The Morgan fingerprint density at radius 3 is 2.76 bits per heavy atom. The Hall–Kier alpha value is -1.16. The van der Waals surface area contributed by atoms with Crippen LogP contribution in [0.2, 0.25) is 5.15 Å². The van der Waals surface area contributed by atoms with Crippen LogP contribution in [-0.2, 0) is 4.79 Å². The Labute approximate surface area is 106 Å². The maximum Gasteiger partial charge on any atom is 0.229 e. The Balaban J connectivity index is 2.04. The summed E-state index contributed by atoms with van der Waals surface area (Å²) in [6.07, 6.45) is 3.15. The van der Waals surface area contributed by atoms with Crippen molar-refractivity contribution in [3.05, 3.63) is 17.3 Å². The molecule has 1 N–H and O–H groups in total. The molecule has 0 aromatic carbocycles. The van der Waals surface area contributed by atoms with E-state index >= 15 is 0 Å². The van der Waals surface area contributed by atoms with Crippen molar-refractivity contribution in [3.8, 4) is 0 Å². The van der Waals surface area contributed by atoms with Gasteiger partial charge >= 0.3 is 0 Å². The Morgan fingerprint density at radius 1 is 1.47 bits per heavy atom. The average Bonchev–Trinajstić information content (AvgIpc) is 2.61. The number of anilines is 1. The molecule has 0 radical (unpaired) electrons. The zero-order chi connectivity index (χ0) is 12.5. The molecule has 1 heterocycles. The highest BCUT2D eigenvalue weighted by Gasteiger charge is 2.39. The number of hydrogen-bond donors (Lipinski definition) is 1. The fraction of sp³-hybridized carbons (Fsp3) is 0.583. The molecule has 1 atom stereocenters. The molecule has 0 saturated heterocycles. The van der Waals surface area contributed by atoms with Gasteiger partial charge in [0.25, 0.3) is 0 Å². The minimum absolute atomic E-state index is 0.0316. The molecule has 1 unspecified atom stereocenters. The minimum atomic E-state index is 0.0316. The van der Waals surface area contributed by atoms with E-state index in [0.29, 0.717) is 11.0 Å². The summed E-state index contributed by atoms with van der Waals surface area (Å²) in [7, 11) is 0. The van der Waals surface area contributed by atoms with E-state index in [-0.39, 0.29) is 17.2 Å². The van der Waals surface area contributed by atoms with Gasteiger partial charge in [-0.15, -0.1) is 10.2 Å². The molecule has 5 heteroatoms. The minimum Gasteiger partial charge on any atom is -0.309 e. The fourth-order valence-corrected chi connectivity index (χ4v) is 2.51. The van der Waals surface area contributed by atoms with Crippen LogP contribution in [0.4, 0.5) is 5.82 Å². The Morgan fingerprint density at radius 2 is 2.24 bits per heavy atom. The van der Waals surface area contributed by atoms with Crippen molar-refractivity contribution in [2.45, 2.75) is 33.1 Å². The van der Waals surface area contributed by atoms with Gasteiger partial charge in [-0.25, -0.2) is 0 Å². The van der Waals surface area contributed by atoms with Gasteiger partial charge in [0, 0.05) is 5.92 Å². The highest BCUT2D eigenvalue weighted by molar-refractivity contribution is 6.29. The second kappa shape index (κ2) is 4.61. The van der Waals surface area contributed by atoms with Crippen LogP contribution in [0, 0.1) is 11.3 Å². The lowest BCUT2D eigenvalue weighted by molar-refractivity contribution is -0.122. The molecule has 1 aliphatic carbocycles. The molecular formula is C12H16ClN3O. The van der Waals surface area contributed by atoms with Gasteiger partial charge in [-0.1, -0.05) is 31.9 Å². The van der Waals surface area contributed by atoms with Gasteiger partial charge < -0.3 is 5.32 Å². The van der Waals surface area contributed by atoms with Crippen LogP contribution < -0.4 is 5.32 Å². The largest absolute Gasteiger partial charge is 0.309 e. The van der Waals surface area contributed by atoms with Crippen LogP contribution in [0.1, 0.15) is 33.1 Å². The Bertz CT molecular complexity index is 416. The van der Waals surface area contributed by atoms with Gasteiger partial charge in [0.15, 0.2) is 11.0 Å². The second-order valence-corrected chi connectivity index (χ2v) is 5.55. The number of halogens is 1. The van der Waals surface area contributed by atoms with Crippen molar-refractivity contribution in [3.63, 3.8) is 0 Å². The molecule has 1 saturated carbocycles. The van der Waals surface area contributed by atoms with E-state index in [1.807, 2.05) is 0 Å². The molecule has 92 valence electrons. The summed E-state index contributed by atoms with van der Waals surface area (Å²) in [5, 5.41) is 10.6. The normalized spacial score (nSPS) is 22.4. The first-order valence-corrected chi connectivity index (χ1v) is 6.17. The van der Waals surface area contributed by atoms with Gasteiger partial charge in [-0.05, 0) is 30.4 Å². The summed E-state index contributed by atoms with van der Waals surface area (Å²) in [4.78, 5) is 12.1. The van der Waals surface area contributed by atoms with Crippen molar-refractivity contribution in [2.24, 2.45) is 11.3 Å². The van der Waals surface area contributed by atoms with Gasteiger partial charge in [0.05, 0.1) is 0 Å². The third-order valence-electron chi connectivity index (χ3n) is 3.46. The summed E-state index contributed by atoms with van der Waals surface area (Å²) in [5.74, 6) is 0.547. The molecule has 2 rings (SSSR count). The van der Waals surface area contributed by atoms with E-state index in [2.05, 4.69) is 29.4 Å². The molecule has 1 aromatic heterocycles. The molecule has 4 nitrogen and oxygen atoms in total. The average molecular weight is 254 g/mol. The van der Waals surface area contributed by atoms with E-state index in [1.54, 1.807) is 12.1 Å². The monoisotopic (exact) mass is 253 g/mol. The number of carbonyl (C=O) groups excluding carboxylic acids is 1. The van der Waals surface area contributed by atoms with E-state index < -0.39 is 0 Å². The number of hydrogen-bond acceptors (Lipinski definition) is 3. The Kier molecular flexibility index (Phi) is 3.33. The van der Waals surface area contributed by atoms with Gasteiger partial charge in [0.2, 0.25) is 5.91 Å².